The minimum atomic E-state index is -0.961. The summed E-state index contributed by atoms with van der Waals surface area (Å²) in [7, 11) is 0. The molecule has 1 aromatic rings. The third kappa shape index (κ3) is 2.07. The lowest BCUT2D eigenvalue weighted by Crippen LogP contribution is -2.56. The molecule has 16 heavy (non-hydrogen) atoms. The molecule has 5 nitrogen and oxygen atoms in total. The van der Waals surface area contributed by atoms with Crippen molar-refractivity contribution in [2.45, 2.75) is 6.04 Å². The Kier molecular flexibility index (Phi) is 3.21. The highest BCUT2D eigenvalue weighted by Gasteiger charge is 2.32. The molecule has 1 amide bonds. The molecule has 0 unspecified atom stereocenters. The first-order valence-corrected chi connectivity index (χ1v) is 5.86. The summed E-state index contributed by atoms with van der Waals surface area (Å²) in [6.45, 7) is 1.39. The largest absolute Gasteiger partial charge is 0.480 e. The van der Waals surface area contributed by atoms with E-state index in [1.165, 1.54) is 16.2 Å². The predicted molar refractivity (Wildman–Crippen MR) is 59.6 cm³/mol. The van der Waals surface area contributed by atoms with Crippen LogP contribution in [0.15, 0.2) is 17.5 Å². The van der Waals surface area contributed by atoms with E-state index in [0.717, 1.165) is 0 Å². The highest BCUT2D eigenvalue weighted by Crippen LogP contribution is 2.15. The standard InChI is InChI=1S/C10H12N2O3S/c13-9(8-2-1-5-16-8)12-4-3-11-6-7(12)10(14)15/h1-2,5,7,11H,3-4,6H2,(H,14,15)/t7-/m1/s1. The van der Waals surface area contributed by atoms with Gasteiger partial charge in [-0.05, 0) is 11.4 Å². The molecule has 0 aromatic carbocycles. The van der Waals surface area contributed by atoms with Crippen LogP contribution >= 0.6 is 11.3 Å². The van der Waals surface area contributed by atoms with Crippen molar-refractivity contribution in [2.24, 2.45) is 0 Å². The van der Waals surface area contributed by atoms with Crippen LogP contribution < -0.4 is 5.32 Å². The molecule has 0 radical (unpaired) electrons. The van der Waals surface area contributed by atoms with Crippen LogP contribution in [0, 0.1) is 0 Å². The van der Waals surface area contributed by atoms with Gasteiger partial charge in [0.05, 0.1) is 4.88 Å². The summed E-state index contributed by atoms with van der Waals surface area (Å²) in [6.07, 6.45) is 0. The van der Waals surface area contributed by atoms with Gasteiger partial charge in [0.1, 0.15) is 6.04 Å². The topological polar surface area (TPSA) is 69.6 Å². The maximum Gasteiger partial charge on any atom is 0.327 e. The first-order chi connectivity index (χ1) is 7.70. The Bertz CT molecular complexity index is 391. The van der Waals surface area contributed by atoms with Gasteiger partial charge >= 0.3 is 5.97 Å². The van der Waals surface area contributed by atoms with E-state index in [1.807, 2.05) is 5.38 Å². The number of carboxylic acids is 1. The molecule has 86 valence electrons. The number of amides is 1. The number of thiophene rings is 1. The first kappa shape index (κ1) is 11.1. The van der Waals surface area contributed by atoms with Crippen molar-refractivity contribution >= 4 is 23.2 Å². The molecule has 0 bridgehead atoms. The Hall–Kier alpha value is -1.40. The average molecular weight is 240 g/mol. The molecule has 1 fully saturated rings. The molecule has 1 atom stereocenters. The molecule has 1 aromatic heterocycles. The summed E-state index contributed by atoms with van der Waals surface area (Å²) in [6, 6.07) is 2.74. The SMILES string of the molecule is O=C(O)[C@H]1CNCCN1C(=O)c1cccs1. The first-order valence-electron chi connectivity index (χ1n) is 4.98. The van der Waals surface area contributed by atoms with Crippen molar-refractivity contribution in [3.05, 3.63) is 22.4 Å². The Morgan fingerprint density at radius 1 is 1.56 bits per heavy atom. The molecule has 1 aliphatic rings. The van der Waals surface area contributed by atoms with E-state index in [4.69, 9.17) is 5.11 Å². The van der Waals surface area contributed by atoms with Crippen LogP contribution in [0.2, 0.25) is 0 Å². The van der Waals surface area contributed by atoms with Gasteiger partial charge in [-0.25, -0.2) is 4.79 Å². The van der Waals surface area contributed by atoms with Crippen LogP contribution in [0.5, 0.6) is 0 Å². The van der Waals surface area contributed by atoms with Crippen LogP contribution in [-0.4, -0.2) is 47.6 Å². The number of aliphatic carboxylic acids is 1. The lowest BCUT2D eigenvalue weighted by molar-refractivity contribution is -0.142. The fraction of sp³-hybridized carbons (Fsp3) is 0.400. The Balaban J connectivity index is 2.17. The van der Waals surface area contributed by atoms with Gasteiger partial charge in [-0.1, -0.05) is 6.07 Å². The molecule has 0 saturated carbocycles. The zero-order valence-electron chi connectivity index (χ0n) is 8.55. The third-order valence-corrected chi connectivity index (χ3v) is 3.38. The molecule has 1 saturated heterocycles. The third-order valence-electron chi connectivity index (χ3n) is 2.52. The average Bonchev–Trinajstić information content (AvgIpc) is 2.81. The summed E-state index contributed by atoms with van der Waals surface area (Å²) in [5.41, 5.74) is 0. The van der Waals surface area contributed by atoms with Gasteiger partial charge in [0.15, 0.2) is 0 Å². The summed E-state index contributed by atoms with van der Waals surface area (Å²) < 4.78 is 0. The number of nitrogens with one attached hydrogen (secondary N) is 1. The smallest absolute Gasteiger partial charge is 0.327 e. The minimum absolute atomic E-state index is 0.191. The van der Waals surface area contributed by atoms with E-state index < -0.39 is 12.0 Å². The molecule has 2 N–H and O–H groups in total. The molecule has 1 aliphatic heterocycles. The molecule has 6 heteroatoms. The predicted octanol–water partition coefficient (Wildman–Crippen LogP) is 0.247. The van der Waals surface area contributed by atoms with Gasteiger partial charge in [-0.2, -0.15) is 0 Å². The second kappa shape index (κ2) is 4.63. The van der Waals surface area contributed by atoms with E-state index in [0.29, 0.717) is 24.5 Å². The van der Waals surface area contributed by atoms with Crippen LogP contribution in [0.1, 0.15) is 9.67 Å². The van der Waals surface area contributed by atoms with Crippen molar-refractivity contribution in [3.8, 4) is 0 Å². The normalized spacial score (nSPS) is 20.8. The molecule has 0 aliphatic carbocycles. The van der Waals surface area contributed by atoms with Crippen molar-refractivity contribution in [1.29, 1.82) is 0 Å². The van der Waals surface area contributed by atoms with E-state index >= 15 is 0 Å². The van der Waals surface area contributed by atoms with Gasteiger partial charge in [0.2, 0.25) is 0 Å². The zero-order chi connectivity index (χ0) is 11.5. The van der Waals surface area contributed by atoms with E-state index in [2.05, 4.69) is 5.32 Å². The number of carboxylic acid groups (broad SMARTS) is 1. The lowest BCUT2D eigenvalue weighted by atomic mass is 10.2. The fourth-order valence-corrected chi connectivity index (χ4v) is 2.39. The van der Waals surface area contributed by atoms with Crippen LogP contribution in [0.3, 0.4) is 0 Å². The van der Waals surface area contributed by atoms with E-state index in [-0.39, 0.29) is 5.91 Å². The fourth-order valence-electron chi connectivity index (χ4n) is 1.71. The molecule has 2 rings (SSSR count). The van der Waals surface area contributed by atoms with Crippen molar-refractivity contribution in [3.63, 3.8) is 0 Å². The quantitative estimate of drug-likeness (QED) is 0.777. The van der Waals surface area contributed by atoms with Crippen LogP contribution in [-0.2, 0) is 4.79 Å². The lowest BCUT2D eigenvalue weighted by Gasteiger charge is -2.33. The number of hydrogen-bond donors (Lipinski definition) is 2. The van der Waals surface area contributed by atoms with Crippen LogP contribution in [0.4, 0.5) is 0 Å². The maximum atomic E-state index is 12.0. The second-order valence-electron chi connectivity index (χ2n) is 3.53. The summed E-state index contributed by atoms with van der Waals surface area (Å²) in [5, 5.41) is 13.8. The number of carbonyl (C=O) groups excluding carboxylic acids is 1. The summed E-state index contributed by atoms with van der Waals surface area (Å²) in [5.74, 6) is -1.15. The number of hydrogen-bond acceptors (Lipinski definition) is 4. The highest BCUT2D eigenvalue weighted by molar-refractivity contribution is 7.12. The van der Waals surface area contributed by atoms with Gasteiger partial charge in [-0.3, -0.25) is 4.79 Å². The molecular formula is C10H12N2O3S. The second-order valence-corrected chi connectivity index (χ2v) is 4.48. The Morgan fingerprint density at radius 3 is 3.00 bits per heavy atom. The number of piperazine rings is 1. The summed E-state index contributed by atoms with van der Waals surface area (Å²) >= 11 is 1.33. The number of rotatable bonds is 2. The van der Waals surface area contributed by atoms with Crippen molar-refractivity contribution < 1.29 is 14.7 Å². The molecular weight excluding hydrogens is 228 g/mol. The highest BCUT2D eigenvalue weighted by atomic mass is 32.1. The Morgan fingerprint density at radius 2 is 2.38 bits per heavy atom. The van der Waals surface area contributed by atoms with Gasteiger partial charge in [-0.15, -0.1) is 11.3 Å². The zero-order valence-corrected chi connectivity index (χ0v) is 9.37. The molecule has 2 heterocycles. The number of nitrogens with zero attached hydrogens (tertiary/aromatic N) is 1. The Labute approximate surface area is 96.7 Å². The number of carbonyl (C=O) groups is 2. The van der Waals surface area contributed by atoms with Gasteiger partial charge < -0.3 is 15.3 Å². The van der Waals surface area contributed by atoms with Crippen molar-refractivity contribution in [1.82, 2.24) is 10.2 Å². The van der Waals surface area contributed by atoms with E-state index in [9.17, 15) is 9.59 Å². The summed E-state index contributed by atoms with van der Waals surface area (Å²) in [4.78, 5) is 25.0. The van der Waals surface area contributed by atoms with E-state index in [1.54, 1.807) is 12.1 Å². The van der Waals surface area contributed by atoms with Crippen LogP contribution in [0.25, 0.3) is 0 Å². The minimum Gasteiger partial charge on any atom is -0.480 e. The molecule has 0 spiro atoms. The van der Waals surface area contributed by atoms with Gasteiger partial charge in [0, 0.05) is 19.6 Å². The van der Waals surface area contributed by atoms with Gasteiger partial charge in [0.25, 0.3) is 5.91 Å². The maximum absolute atomic E-state index is 12.0. The monoisotopic (exact) mass is 240 g/mol. The van der Waals surface area contributed by atoms with Crippen molar-refractivity contribution in [2.75, 3.05) is 19.6 Å².